The highest BCUT2D eigenvalue weighted by Crippen LogP contribution is 2.30. The quantitative estimate of drug-likeness (QED) is 0.495. The van der Waals surface area contributed by atoms with E-state index in [0.29, 0.717) is 35.1 Å². The lowest BCUT2D eigenvalue weighted by Crippen LogP contribution is -2.35. The largest absolute Gasteiger partial charge is 0.496 e. The Morgan fingerprint density at radius 3 is 2.32 bits per heavy atom. The van der Waals surface area contributed by atoms with Crippen LogP contribution in [0.3, 0.4) is 0 Å². The first-order chi connectivity index (χ1) is 14.8. The first-order valence-electron chi connectivity index (χ1n) is 9.91. The smallest absolute Gasteiger partial charge is 0.329 e. The molecule has 0 saturated heterocycles. The molecule has 0 aliphatic carbocycles. The number of aliphatic carboxylic acids is 1. The van der Waals surface area contributed by atoms with Gasteiger partial charge in [-0.3, -0.25) is 4.79 Å². The van der Waals surface area contributed by atoms with E-state index in [9.17, 15) is 9.59 Å². The molecule has 31 heavy (non-hydrogen) atoms. The van der Waals surface area contributed by atoms with Gasteiger partial charge in [0.1, 0.15) is 18.1 Å². The lowest BCUT2D eigenvalue weighted by Gasteiger charge is -2.23. The fourth-order valence-electron chi connectivity index (χ4n) is 3.21. The monoisotopic (exact) mass is 449 g/mol. The summed E-state index contributed by atoms with van der Waals surface area (Å²) < 4.78 is 15.9. The third-order valence-corrected chi connectivity index (χ3v) is 5.04. The van der Waals surface area contributed by atoms with Gasteiger partial charge < -0.3 is 24.2 Å². The lowest BCUT2D eigenvalue weighted by molar-refractivity contribution is -0.142. The number of hydrogen-bond acceptors (Lipinski definition) is 5. The Bertz CT molecular complexity index is 876. The van der Waals surface area contributed by atoms with Crippen LogP contribution in [0.1, 0.15) is 27.9 Å². The van der Waals surface area contributed by atoms with Crippen molar-refractivity contribution in [1.82, 2.24) is 4.90 Å². The maximum atomic E-state index is 13.2. The van der Waals surface area contributed by atoms with Crippen molar-refractivity contribution in [3.63, 3.8) is 0 Å². The Labute approximate surface area is 187 Å². The Balaban J connectivity index is 2.14. The van der Waals surface area contributed by atoms with Crippen LogP contribution in [0.25, 0.3) is 0 Å². The summed E-state index contributed by atoms with van der Waals surface area (Å²) in [6.45, 7) is 2.31. The number of aryl methyl sites for hydroxylation is 1. The molecule has 8 heteroatoms. The molecule has 2 aromatic carbocycles. The average molecular weight is 450 g/mol. The van der Waals surface area contributed by atoms with E-state index in [4.69, 9.17) is 30.9 Å². The highest BCUT2D eigenvalue weighted by Gasteiger charge is 2.19. The highest BCUT2D eigenvalue weighted by atomic mass is 35.5. The van der Waals surface area contributed by atoms with Gasteiger partial charge >= 0.3 is 5.97 Å². The summed E-state index contributed by atoms with van der Waals surface area (Å²) in [5.74, 6) is -0.138. The summed E-state index contributed by atoms with van der Waals surface area (Å²) in [7, 11) is 3.08. The van der Waals surface area contributed by atoms with Crippen LogP contribution in [0, 0.1) is 6.92 Å². The van der Waals surface area contributed by atoms with Crippen molar-refractivity contribution in [1.29, 1.82) is 0 Å². The van der Waals surface area contributed by atoms with Gasteiger partial charge in [-0.15, -0.1) is 0 Å². The zero-order valence-electron chi connectivity index (χ0n) is 18.0. The number of rotatable bonds is 12. The van der Waals surface area contributed by atoms with Crippen LogP contribution in [0.4, 0.5) is 0 Å². The Morgan fingerprint density at radius 2 is 1.74 bits per heavy atom. The first-order valence-corrected chi connectivity index (χ1v) is 10.3. The topological polar surface area (TPSA) is 85.3 Å². The van der Waals surface area contributed by atoms with Crippen molar-refractivity contribution in [2.24, 2.45) is 0 Å². The molecule has 0 saturated carbocycles. The van der Waals surface area contributed by atoms with Gasteiger partial charge in [-0.1, -0.05) is 23.7 Å². The summed E-state index contributed by atoms with van der Waals surface area (Å²) in [4.78, 5) is 25.6. The first kappa shape index (κ1) is 24.5. The predicted molar refractivity (Wildman–Crippen MR) is 118 cm³/mol. The fourth-order valence-corrected chi connectivity index (χ4v) is 3.42. The minimum atomic E-state index is -1.05. The van der Waals surface area contributed by atoms with Crippen LogP contribution in [0.2, 0.25) is 5.02 Å². The van der Waals surface area contributed by atoms with Gasteiger partial charge in [0.05, 0.1) is 20.8 Å². The van der Waals surface area contributed by atoms with E-state index in [1.54, 1.807) is 31.3 Å². The zero-order valence-corrected chi connectivity index (χ0v) is 18.8. The van der Waals surface area contributed by atoms with Crippen molar-refractivity contribution in [2.75, 3.05) is 40.5 Å². The number of ether oxygens (including phenoxy) is 3. The molecule has 0 aliphatic heterocycles. The van der Waals surface area contributed by atoms with Gasteiger partial charge in [-0.2, -0.15) is 0 Å². The lowest BCUT2D eigenvalue weighted by atomic mass is 10.1. The van der Waals surface area contributed by atoms with E-state index in [-0.39, 0.29) is 19.1 Å². The van der Waals surface area contributed by atoms with Gasteiger partial charge in [0.2, 0.25) is 0 Å². The van der Waals surface area contributed by atoms with Gasteiger partial charge in [0.25, 0.3) is 5.91 Å². The molecule has 2 rings (SSSR count). The van der Waals surface area contributed by atoms with Crippen LogP contribution in [-0.2, 0) is 16.0 Å². The second-order valence-electron chi connectivity index (χ2n) is 6.98. The van der Waals surface area contributed by atoms with E-state index >= 15 is 0 Å². The van der Waals surface area contributed by atoms with Crippen LogP contribution >= 0.6 is 11.6 Å². The number of amides is 1. The predicted octanol–water partition coefficient (Wildman–Crippen LogP) is 3.84. The van der Waals surface area contributed by atoms with Crippen molar-refractivity contribution >= 4 is 23.5 Å². The van der Waals surface area contributed by atoms with Crippen LogP contribution in [-0.4, -0.2) is 62.4 Å². The summed E-state index contributed by atoms with van der Waals surface area (Å²) in [5, 5.41) is 9.43. The molecule has 0 radical (unpaired) electrons. The van der Waals surface area contributed by atoms with Crippen LogP contribution < -0.4 is 9.47 Å². The third-order valence-electron chi connectivity index (χ3n) is 4.80. The molecule has 0 fully saturated rings. The molecular weight excluding hydrogens is 422 g/mol. The van der Waals surface area contributed by atoms with Crippen LogP contribution in [0.15, 0.2) is 36.4 Å². The zero-order chi connectivity index (χ0) is 22.8. The SMILES string of the molecule is COc1cc(C(=O)N(CCCc2cccc(Cl)c2)CCOCC(=O)O)cc(OC)c1C. The minimum absolute atomic E-state index is 0.120. The second kappa shape index (κ2) is 12.2. The maximum absolute atomic E-state index is 13.2. The average Bonchev–Trinajstić information content (AvgIpc) is 2.75. The number of benzene rings is 2. The maximum Gasteiger partial charge on any atom is 0.329 e. The number of carbonyl (C=O) groups is 2. The molecule has 0 aliphatic rings. The molecule has 0 atom stereocenters. The summed E-state index contributed by atoms with van der Waals surface area (Å²) in [6, 6.07) is 11.0. The number of methoxy groups -OCH3 is 2. The Kier molecular flexibility index (Phi) is 9.62. The number of carboxylic acid groups (broad SMARTS) is 1. The summed E-state index contributed by atoms with van der Waals surface area (Å²) in [5.41, 5.74) is 2.32. The number of carboxylic acids is 1. The van der Waals surface area contributed by atoms with E-state index in [2.05, 4.69) is 0 Å². The molecular formula is C23H28ClNO6. The Morgan fingerprint density at radius 1 is 1.06 bits per heavy atom. The number of halogens is 1. The van der Waals surface area contributed by atoms with E-state index in [0.717, 1.165) is 17.5 Å². The molecule has 7 nitrogen and oxygen atoms in total. The molecule has 0 heterocycles. The minimum Gasteiger partial charge on any atom is -0.496 e. The summed E-state index contributed by atoms with van der Waals surface area (Å²) >= 11 is 6.04. The van der Waals surface area contributed by atoms with Crippen molar-refractivity contribution in [2.45, 2.75) is 19.8 Å². The van der Waals surface area contributed by atoms with Gasteiger partial charge in [0.15, 0.2) is 0 Å². The molecule has 1 amide bonds. The summed E-state index contributed by atoms with van der Waals surface area (Å²) in [6.07, 6.45) is 1.46. The molecule has 0 unspecified atom stereocenters. The fraction of sp³-hybridized carbons (Fsp3) is 0.391. The number of nitrogens with zero attached hydrogens (tertiary/aromatic N) is 1. The third kappa shape index (κ3) is 7.45. The molecule has 0 spiro atoms. The van der Waals surface area contributed by atoms with E-state index < -0.39 is 12.6 Å². The number of carbonyl (C=O) groups excluding carboxylic acids is 1. The molecule has 2 aromatic rings. The second-order valence-corrected chi connectivity index (χ2v) is 7.41. The highest BCUT2D eigenvalue weighted by molar-refractivity contribution is 6.30. The Hall–Kier alpha value is -2.77. The van der Waals surface area contributed by atoms with E-state index in [1.807, 2.05) is 31.2 Å². The standard InChI is InChI=1S/C23H28ClNO6/c1-16-20(29-2)13-18(14-21(16)30-3)23(28)25(10-11-31-15-22(26)27)9-5-7-17-6-4-8-19(24)12-17/h4,6,8,12-14H,5,7,9-11,15H2,1-3H3,(H,26,27). The molecule has 0 bridgehead atoms. The number of hydrogen-bond donors (Lipinski definition) is 1. The molecule has 168 valence electrons. The van der Waals surface area contributed by atoms with Gasteiger partial charge in [-0.05, 0) is 49.6 Å². The van der Waals surface area contributed by atoms with E-state index in [1.165, 1.54) is 0 Å². The molecule has 0 aromatic heterocycles. The van der Waals surface area contributed by atoms with Gasteiger partial charge in [-0.25, -0.2) is 4.79 Å². The van der Waals surface area contributed by atoms with Crippen molar-refractivity contribution < 1.29 is 28.9 Å². The van der Waals surface area contributed by atoms with Crippen molar-refractivity contribution in [3.8, 4) is 11.5 Å². The normalized spacial score (nSPS) is 10.6. The van der Waals surface area contributed by atoms with Crippen molar-refractivity contribution in [3.05, 3.63) is 58.1 Å². The van der Waals surface area contributed by atoms with Crippen LogP contribution in [0.5, 0.6) is 11.5 Å². The molecule has 1 N–H and O–H groups in total. The van der Waals surface area contributed by atoms with Gasteiger partial charge in [0, 0.05) is 29.2 Å².